The van der Waals surface area contributed by atoms with Crippen LogP contribution in [0.2, 0.25) is 0 Å². The van der Waals surface area contributed by atoms with E-state index >= 15 is 0 Å². The first-order valence-corrected chi connectivity index (χ1v) is 6.36. The Bertz CT molecular complexity index is 781. The summed E-state index contributed by atoms with van der Waals surface area (Å²) in [7, 11) is 0. The van der Waals surface area contributed by atoms with E-state index in [-0.39, 0.29) is 6.54 Å². The standard InChI is InChI=1S/C15H11FN4/c16-20-9-10-5-1-2-6-11(10)14-15(18-19-17-14)12-7-3-4-8-13(12)20/h1-8H,9H2,(H,17,18,19). The van der Waals surface area contributed by atoms with Crippen LogP contribution in [0.3, 0.4) is 0 Å². The Morgan fingerprint density at radius 3 is 2.40 bits per heavy atom. The molecule has 0 radical (unpaired) electrons. The van der Waals surface area contributed by atoms with Gasteiger partial charge in [0.05, 0.1) is 12.2 Å². The quantitative estimate of drug-likeness (QED) is 0.635. The lowest BCUT2D eigenvalue weighted by molar-refractivity contribution is 0.430. The minimum atomic E-state index is 0.194. The number of hydrogen-bond donors (Lipinski definition) is 1. The molecule has 2 heterocycles. The largest absolute Gasteiger partial charge is 0.207 e. The van der Waals surface area contributed by atoms with E-state index in [0.717, 1.165) is 27.5 Å². The van der Waals surface area contributed by atoms with Gasteiger partial charge < -0.3 is 0 Å². The number of anilines is 1. The Morgan fingerprint density at radius 1 is 0.900 bits per heavy atom. The van der Waals surface area contributed by atoms with E-state index in [1.807, 2.05) is 42.5 Å². The van der Waals surface area contributed by atoms with Gasteiger partial charge in [-0.3, -0.25) is 0 Å². The van der Waals surface area contributed by atoms with Crippen molar-refractivity contribution in [2.45, 2.75) is 6.54 Å². The number of fused-ring (bicyclic) bond motifs is 5. The Labute approximate surface area is 114 Å². The number of halogens is 1. The maximum Gasteiger partial charge on any atom is 0.122 e. The highest BCUT2D eigenvalue weighted by Gasteiger charge is 2.24. The van der Waals surface area contributed by atoms with Gasteiger partial charge in [-0.1, -0.05) is 46.9 Å². The molecule has 1 aromatic heterocycles. The van der Waals surface area contributed by atoms with Gasteiger partial charge in [0, 0.05) is 11.1 Å². The summed E-state index contributed by atoms with van der Waals surface area (Å²) in [5.74, 6) is 0. The molecule has 0 bridgehead atoms. The van der Waals surface area contributed by atoms with Crippen LogP contribution in [-0.2, 0) is 6.54 Å². The molecule has 1 aliphatic rings. The van der Waals surface area contributed by atoms with Crippen LogP contribution < -0.4 is 5.12 Å². The summed E-state index contributed by atoms with van der Waals surface area (Å²) in [4.78, 5) is 0. The molecular weight excluding hydrogens is 255 g/mol. The molecule has 0 atom stereocenters. The summed E-state index contributed by atoms with van der Waals surface area (Å²) < 4.78 is 14.5. The summed E-state index contributed by atoms with van der Waals surface area (Å²) in [6.07, 6.45) is 0. The van der Waals surface area contributed by atoms with Gasteiger partial charge in [0.15, 0.2) is 0 Å². The van der Waals surface area contributed by atoms with Crippen LogP contribution in [0.15, 0.2) is 48.5 Å². The zero-order chi connectivity index (χ0) is 13.5. The van der Waals surface area contributed by atoms with Crippen molar-refractivity contribution in [1.29, 1.82) is 0 Å². The van der Waals surface area contributed by atoms with E-state index in [4.69, 9.17) is 0 Å². The van der Waals surface area contributed by atoms with Gasteiger partial charge >= 0.3 is 0 Å². The van der Waals surface area contributed by atoms with E-state index < -0.39 is 0 Å². The third-order valence-electron chi connectivity index (χ3n) is 3.55. The van der Waals surface area contributed by atoms with Gasteiger partial charge in [-0.25, -0.2) is 5.12 Å². The van der Waals surface area contributed by atoms with Crippen LogP contribution in [0, 0.1) is 0 Å². The molecule has 98 valence electrons. The third-order valence-corrected chi connectivity index (χ3v) is 3.55. The van der Waals surface area contributed by atoms with E-state index in [1.165, 1.54) is 0 Å². The van der Waals surface area contributed by atoms with Crippen molar-refractivity contribution >= 4 is 5.69 Å². The number of H-pyrrole nitrogens is 1. The molecule has 0 unspecified atom stereocenters. The number of rotatable bonds is 0. The maximum atomic E-state index is 14.5. The van der Waals surface area contributed by atoms with Crippen LogP contribution in [-0.4, -0.2) is 15.4 Å². The summed E-state index contributed by atoms with van der Waals surface area (Å²) in [6, 6.07) is 15.0. The molecule has 0 amide bonds. The Hall–Kier alpha value is -2.69. The topological polar surface area (TPSA) is 44.8 Å². The van der Waals surface area contributed by atoms with Crippen molar-refractivity contribution in [3.05, 3.63) is 54.1 Å². The molecule has 4 rings (SSSR count). The number of para-hydroxylation sites is 1. The molecule has 2 aromatic carbocycles. The molecule has 1 aliphatic heterocycles. The first-order chi connectivity index (χ1) is 9.84. The van der Waals surface area contributed by atoms with Crippen LogP contribution in [0.25, 0.3) is 22.5 Å². The molecule has 0 saturated heterocycles. The van der Waals surface area contributed by atoms with E-state index in [9.17, 15) is 4.48 Å². The number of benzene rings is 2. The van der Waals surface area contributed by atoms with E-state index in [2.05, 4.69) is 15.4 Å². The molecule has 1 N–H and O–H groups in total. The highest BCUT2D eigenvalue weighted by atomic mass is 19.2. The van der Waals surface area contributed by atoms with Crippen LogP contribution in [0.5, 0.6) is 0 Å². The molecular formula is C15H11FN4. The smallest absolute Gasteiger partial charge is 0.122 e. The highest BCUT2D eigenvalue weighted by Crippen LogP contribution is 2.39. The molecule has 20 heavy (non-hydrogen) atoms. The van der Waals surface area contributed by atoms with E-state index in [0.29, 0.717) is 11.4 Å². The van der Waals surface area contributed by atoms with Crippen molar-refractivity contribution < 1.29 is 4.48 Å². The highest BCUT2D eigenvalue weighted by molar-refractivity contribution is 5.87. The average molecular weight is 266 g/mol. The van der Waals surface area contributed by atoms with Crippen molar-refractivity contribution in [3.63, 3.8) is 0 Å². The predicted octanol–water partition coefficient (Wildman–Crippen LogP) is 3.34. The molecule has 0 aliphatic carbocycles. The fourth-order valence-corrected chi connectivity index (χ4v) is 2.62. The minimum Gasteiger partial charge on any atom is -0.207 e. The lowest BCUT2D eigenvalue weighted by atomic mass is 9.97. The predicted molar refractivity (Wildman–Crippen MR) is 74.5 cm³/mol. The van der Waals surface area contributed by atoms with Crippen molar-refractivity contribution in [2.24, 2.45) is 0 Å². The van der Waals surface area contributed by atoms with Gasteiger partial charge in [-0.15, -0.1) is 0 Å². The fraction of sp³-hybridized carbons (Fsp3) is 0.0667. The molecule has 5 heteroatoms. The SMILES string of the molecule is FN1Cc2ccccc2-c2n[nH]nc2-c2ccccc21. The number of hydrogen-bond acceptors (Lipinski definition) is 3. The van der Waals surface area contributed by atoms with Gasteiger partial charge in [0.2, 0.25) is 0 Å². The number of aromatic amines is 1. The maximum absolute atomic E-state index is 14.5. The summed E-state index contributed by atoms with van der Waals surface area (Å²) in [6.45, 7) is 0.194. The molecule has 0 saturated carbocycles. The monoisotopic (exact) mass is 266 g/mol. The van der Waals surface area contributed by atoms with Crippen LogP contribution >= 0.6 is 0 Å². The molecule has 0 spiro atoms. The molecule has 0 fully saturated rings. The summed E-state index contributed by atoms with van der Waals surface area (Å²) >= 11 is 0. The number of nitrogens with zero attached hydrogens (tertiary/aromatic N) is 3. The number of nitrogens with one attached hydrogen (secondary N) is 1. The lowest BCUT2D eigenvalue weighted by Crippen LogP contribution is -2.14. The fourth-order valence-electron chi connectivity index (χ4n) is 2.62. The third kappa shape index (κ3) is 1.53. The number of aromatic nitrogens is 3. The van der Waals surface area contributed by atoms with Gasteiger partial charge in [0.25, 0.3) is 0 Å². The first kappa shape index (κ1) is 11.2. The first-order valence-electron chi connectivity index (χ1n) is 6.36. The zero-order valence-corrected chi connectivity index (χ0v) is 10.5. The minimum absolute atomic E-state index is 0.194. The summed E-state index contributed by atoms with van der Waals surface area (Å²) in [5, 5.41) is 11.9. The van der Waals surface area contributed by atoms with Crippen LogP contribution in [0.1, 0.15) is 5.56 Å². The Balaban J connectivity index is 2.07. The normalized spacial score (nSPS) is 12.9. The summed E-state index contributed by atoms with van der Waals surface area (Å²) in [5.41, 5.74) is 4.50. The van der Waals surface area contributed by atoms with Crippen LogP contribution in [0.4, 0.5) is 10.2 Å². The Kier molecular flexibility index (Phi) is 2.32. The van der Waals surface area contributed by atoms with Gasteiger partial charge in [-0.05, 0) is 11.6 Å². The second kappa shape index (κ2) is 4.16. The van der Waals surface area contributed by atoms with Gasteiger partial charge in [-0.2, -0.15) is 15.4 Å². The zero-order valence-electron chi connectivity index (χ0n) is 10.5. The second-order valence-corrected chi connectivity index (χ2v) is 4.72. The molecule has 3 aromatic rings. The van der Waals surface area contributed by atoms with Crippen molar-refractivity contribution in [2.75, 3.05) is 5.12 Å². The van der Waals surface area contributed by atoms with Crippen molar-refractivity contribution in [3.8, 4) is 22.5 Å². The van der Waals surface area contributed by atoms with Gasteiger partial charge in [0.1, 0.15) is 11.4 Å². The van der Waals surface area contributed by atoms with E-state index in [1.54, 1.807) is 6.07 Å². The molecule has 4 nitrogen and oxygen atoms in total. The lowest BCUT2D eigenvalue weighted by Gasteiger charge is -2.21. The van der Waals surface area contributed by atoms with Crippen molar-refractivity contribution in [1.82, 2.24) is 15.4 Å². The average Bonchev–Trinajstić information content (AvgIpc) is 2.95. The second-order valence-electron chi connectivity index (χ2n) is 4.72. The Morgan fingerprint density at radius 2 is 1.55 bits per heavy atom.